The van der Waals surface area contributed by atoms with E-state index in [1.54, 1.807) is 23.0 Å². The van der Waals surface area contributed by atoms with Gasteiger partial charge in [-0.2, -0.15) is 5.10 Å². The molecule has 1 fully saturated rings. The van der Waals surface area contributed by atoms with Crippen molar-refractivity contribution in [3.05, 3.63) is 46.9 Å². The molecule has 3 aromatic rings. The fraction of sp³-hybridized carbons (Fsp3) is 0.250. The van der Waals surface area contributed by atoms with Gasteiger partial charge in [0.1, 0.15) is 5.69 Å². The van der Waals surface area contributed by atoms with Crippen LogP contribution in [0.15, 0.2) is 46.2 Å². The molecule has 3 heterocycles. The van der Waals surface area contributed by atoms with Crippen LogP contribution in [0.4, 0.5) is 0 Å². The van der Waals surface area contributed by atoms with E-state index in [1.165, 1.54) is 12.1 Å². The molecule has 0 radical (unpaired) electrons. The van der Waals surface area contributed by atoms with Gasteiger partial charge in [-0.25, -0.2) is 13.6 Å². The zero-order chi connectivity index (χ0) is 17.6. The van der Waals surface area contributed by atoms with Crippen molar-refractivity contribution in [1.29, 1.82) is 0 Å². The SMILES string of the molecule is NS(=O)(=O)c1ccc(-c2nn(CC3COC3)c3cc[nH]c(=O)c23)cc1. The highest BCUT2D eigenvalue weighted by Gasteiger charge is 2.22. The summed E-state index contributed by atoms with van der Waals surface area (Å²) in [6.07, 6.45) is 1.59. The Labute approximate surface area is 143 Å². The highest BCUT2D eigenvalue weighted by Crippen LogP contribution is 2.27. The molecule has 1 aromatic carbocycles. The number of primary sulfonamides is 1. The van der Waals surface area contributed by atoms with Gasteiger partial charge in [-0.05, 0) is 18.2 Å². The lowest BCUT2D eigenvalue weighted by molar-refractivity contribution is -0.0402. The van der Waals surface area contributed by atoms with Crippen molar-refractivity contribution in [1.82, 2.24) is 14.8 Å². The standard InChI is InChI=1S/C16H16N4O4S/c17-25(22,23)12-3-1-11(2-4-12)15-14-13(5-6-18-16(14)21)20(19-15)7-10-8-24-9-10/h1-6,10H,7-9H2,(H,18,21)(H2,17,22,23). The lowest BCUT2D eigenvalue weighted by Gasteiger charge is -2.25. The molecule has 0 amide bonds. The average molecular weight is 360 g/mol. The molecule has 25 heavy (non-hydrogen) atoms. The number of nitrogens with zero attached hydrogens (tertiary/aromatic N) is 2. The normalized spacial score (nSPS) is 15.4. The zero-order valence-electron chi connectivity index (χ0n) is 13.2. The third-order valence-electron chi connectivity index (χ3n) is 4.27. The summed E-state index contributed by atoms with van der Waals surface area (Å²) in [5.41, 5.74) is 1.66. The van der Waals surface area contributed by atoms with Gasteiger partial charge in [0.15, 0.2) is 0 Å². The van der Waals surface area contributed by atoms with Crippen molar-refractivity contribution in [3.8, 4) is 11.3 Å². The number of aromatic amines is 1. The highest BCUT2D eigenvalue weighted by atomic mass is 32.2. The summed E-state index contributed by atoms with van der Waals surface area (Å²) in [6.45, 7) is 2.03. The highest BCUT2D eigenvalue weighted by molar-refractivity contribution is 7.89. The topological polar surface area (TPSA) is 120 Å². The molecule has 3 N–H and O–H groups in total. The molecule has 9 heteroatoms. The summed E-state index contributed by atoms with van der Waals surface area (Å²) in [4.78, 5) is 15.0. The van der Waals surface area contributed by atoms with Crippen LogP contribution >= 0.6 is 0 Å². The second-order valence-corrected chi connectivity index (χ2v) is 7.63. The molecule has 0 unspecified atom stereocenters. The van der Waals surface area contributed by atoms with Crippen LogP contribution in [0.3, 0.4) is 0 Å². The number of hydrogen-bond donors (Lipinski definition) is 2. The molecule has 8 nitrogen and oxygen atoms in total. The van der Waals surface area contributed by atoms with Crippen LogP contribution < -0.4 is 10.7 Å². The summed E-state index contributed by atoms with van der Waals surface area (Å²) in [6, 6.07) is 7.83. The third kappa shape index (κ3) is 2.86. The lowest BCUT2D eigenvalue weighted by Crippen LogP contribution is -2.31. The van der Waals surface area contributed by atoms with Crippen molar-refractivity contribution in [2.75, 3.05) is 13.2 Å². The van der Waals surface area contributed by atoms with Gasteiger partial charge < -0.3 is 9.72 Å². The molecule has 1 aliphatic rings. The zero-order valence-corrected chi connectivity index (χ0v) is 14.0. The Balaban J connectivity index is 1.85. The number of benzene rings is 1. The first-order valence-electron chi connectivity index (χ1n) is 7.72. The van der Waals surface area contributed by atoms with Gasteiger partial charge in [0.2, 0.25) is 10.0 Å². The molecule has 1 saturated heterocycles. The number of nitrogens with two attached hydrogens (primary N) is 1. The van der Waals surface area contributed by atoms with E-state index in [4.69, 9.17) is 9.88 Å². The molecular weight excluding hydrogens is 344 g/mol. The predicted molar refractivity (Wildman–Crippen MR) is 91.5 cm³/mol. The van der Waals surface area contributed by atoms with Crippen LogP contribution in [-0.4, -0.2) is 36.4 Å². The minimum Gasteiger partial charge on any atom is -0.381 e. The predicted octanol–water partition coefficient (Wildman–Crippen LogP) is 0.685. The van der Waals surface area contributed by atoms with Gasteiger partial charge in [0, 0.05) is 24.2 Å². The molecular formula is C16H16N4O4S. The van der Waals surface area contributed by atoms with E-state index in [1.807, 2.05) is 6.07 Å². The van der Waals surface area contributed by atoms with E-state index < -0.39 is 10.0 Å². The summed E-state index contributed by atoms with van der Waals surface area (Å²) in [5, 5.41) is 10.2. The number of nitrogens with one attached hydrogen (secondary N) is 1. The second-order valence-electron chi connectivity index (χ2n) is 6.07. The molecule has 1 aliphatic heterocycles. The Bertz CT molecular complexity index is 1100. The maximum atomic E-state index is 12.3. The molecule has 0 bridgehead atoms. The van der Waals surface area contributed by atoms with Crippen molar-refractivity contribution in [2.45, 2.75) is 11.4 Å². The first kappa shape index (κ1) is 16.0. The fourth-order valence-corrected chi connectivity index (χ4v) is 3.43. The number of ether oxygens (including phenoxy) is 1. The van der Waals surface area contributed by atoms with Crippen LogP contribution in [0, 0.1) is 5.92 Å². The number of hydrogen-bond acceptors (Lipinski definition) is 5. The third-order valence-corrected chi connectivity index (χ3v) is 5.20. The molecule has 0 aliphatic carbocycles. The van der Waals surface area contributed by atoms with Crippen LogP contribution in [0.25, 0.3) is 22.2 Å². The quantitative estimate of drug-likeness (QED) is 0.709. The summed E-state index contributed by atoms with van der Waals surface area (Å²) >= 11 is 0. The van der Waals surface area contributed by atoms with Gasteiger partial charge >= 0.3 is 0 Å². The van der Waals surface area contributed by atoms with Crippen LogP contribution in [-0.2, 0) is 21.3 Å². The Morgan fingerprint density at radius 3 is 2.56 bits per heavy atom. The Kier molecular flexibility index (Phi) is 3.71. The number of sulfonamides is 1. The van der Waals surface area contributed by atoms with Crippen molar-refractivity contribution < 1.29 is 13.2 Å². The van der Waals surface area contributed by atoms with E-state index in [0.717, 1.165) is 5.52 Å². The molecule has 2 aromatic heterocycles. The Morgan fingerprint density at radius 1 is 1.24 bits per heavy atom. The molecule has 0 atom stereocenters. The van der Waals surface area contributed by atoms with Crippen LogP contribution in [0.1, 0.15) is 0 Å². The van der Waals surface area contributed by atoms with E-state index in [-0.39, 0.29) is 10.5 Å². The largest absolute Gasteiger partial charge is 0.381 e. The number of rotatable bonds is 4. The van der Waals surface area contributed by atoms with E-state index >= 15 is 0 Å². The average Bonchev–Trinajstić information content (AvgIpc) is 2.90. The van der Waals surface area contributed by atoms with E-state index in [0.29, 0.717) is 42.3 Å². The maximum absolute atomic E-state index is 12.3. The maximum Gasteiger partial charge on any atom is 0.259 e. The van der Waals surface area contributed by atoms with Gasteiger partial charge in [-0.3, -0.25) is 9.48 Å². The van der Waals surface area contributed by atoms with E-state index in [2.05, 4.69) is 10.1 Å². The van der Waals surface area contributed by atoms with Crippen molar-refractivity contribution in [2.24, 2.45) is 11.1 Å². The minimum absolute atomic E-state index is 0.0144. The summed E-state index contributed by atoms with van der Waals surface area (Å²) in [7, 11) is -3.77. The van der Waals surface area contributed by atoms with E-state index in [9.17, 15) is 13.2 Å². The number of fused-ring (bicyclic) bond motifs is 1. The van der Waals surface area contributed by atoms with Crippen molar-refractivity contribution in [3.63, 3.8) is 0 Å². The molecule has 130 valence electrons. The number of pyridine rings is 1. The first-order valence-corrected chi connectivity index (χ1v) is 9.27. The molecule has 0 spiro atoms. The summed E-state index contributed by atoms with van der Waals surface area (Å²) in [5.74, 6) is 0.375. The molecule has 4 rings (SSSR count). The monoisotopic (exact) mass is 360 g/mol. The fourth-order valence-electron chi connectivity index (χ4n) is 2.91. The second kappa shape index (κ2) is 5.80. The van der Waals surface area contributed by atoms with Gasteiger partial charge in [-0.15, -0.1) is 0 Å². The smallest absolute Gasteiger partial charge is 0.259 e. The van der Waals surface area contributed by atoms with Crippen LogP contribution in [0.5, 0.6) is 0 Å². The first-order chi connectivity index (χ1) is 11.9. The van der Waals surface area contributed by atoms with Gasteiger partial charge in [0.05, 0.1) is 29.0 Å². The van der Waals surface area contributed by atoms with Gasteiger partial charge in [0.25, 0.3) is 5.56 Å². The lowest BCUT2D eigenvalue weighted by atomic mass is 10.1. The number of aromatic nitrogens is 3. The van der Waals surface area contributed by atoms with Gasteiger partial charge in [-0.1, -0.05) is 12.1 Å². The Hall–Kier alpha value is -2.49. The Morgan fingerprint density at radius 2 is 1.96 bits per heavy atom. The molecule has 0 saturated carbocycles. The summed E-state index contributed by atoms with van der Waals surface area (Å²) < 4.78 is 29.8. The minimum atomic E-state index is -3.77. The van der Waals surface area contributed by atoms with Crippen LogP contribution in [0.2, 0.25) is 0 Å². The number of H-pyrrole nitrogens is 1. The van der Waals surface area contributed by atoms with Crippen molar-refractivity contribution >= 4 is 20.9 Å².